The topological polar surface area (TPSA) is 23.6 Å². The molecule has 0 saturated carbocycles. The van der Waals surface area contributed by atoms with Crippen molar-refractivity contribution in [3.8, 4) is 0 Å². The third-order valence-corrected chi connectivity index (χ3v) is 5.42. The van der Waals surface area contributed by atoms with Gasteiger partial charge in [-0.25, -0.2) is 0 Å². The lowest BCUT2D eigenvalue weighted by Crippen LogP contribution is -2.55. The Morgan fingerprint density at radius 3 is 2.27 bits per heavy atom. The minimum absolute atomic E-state index is 0.243. The Bertz CT molecular complexity index is 490. The van der Waals surface area contributed by atoms with Crippen LogP contribution in [0.25, 0.3) is 0 Å². The number of hydrogen-bond donors (Lipinski definition) is 0. The van der Waals surface area contributed by atoms with E-state index in [2.05, 4.69) is 53.7 Å². The molecule has 0 radical (unpaired) electrons. The Labute approximate surface area is 142 Å². The highest BCUT2D eigenvalue weighted by molar-refractivity contribution is 9.10. The maximum absolute atomic E-state index is 12.4. The molecule has 2 rings (SSSR count). The molecule has 0 unspecified atom stereocenters. The normalized spacial score (nSPS) is 16.8. The summed E-state index contributed by atoms with van der Waals surface area (Å²) in [6.45, 7) is 10.5. The standard InChI is InChI=1S/C18H27BrN2O/c1-4-18(2,3)21-13-11-20(12-14-21)17(22)10-7-15-5-8-16(19)9-6-15/h5-6,8-9H,4,7,10-14H2,1-3H3. The number of nitrogens with zero attached hydrogens (tertiary/aromatic N) is 2. The molecule has 0 aliphatic carbocycles. The first kappa shape index (κ1) is 17.5. The molecule has 0 N–H and O–H groups in total. The van der Waals surface area contributed by atoms with Crippen molar-refractivity contribution in [3.05, 3.63) is 34.3 Å². The number of rotatable bonds is 5. The number of amides is 1. The van der Waals surface area contributed by atoms with Gasteiger partial charge in [-0.2, -0.15) is 0 Å². The van der Waals surface area contributed by atoms with E-state index in [1.165, 1.54) is 5.56 Å². The third-order valence-electron chi connectivity index (χ3n) is 4.89. The lowest BCUT2D eigenvalue weighted by Gasteiger charge is -2.43. The van der Waals surface area contributed by atoms with E-state index in [1.807, 2.05) is 17.0 Å². The van der Waals surface area contributed by atoms with Crippen LogP contribution in [-0.2, 0) is 11.2 Å². The van der Waals surface area contributed by atoms with Crippen molar-refractivity contribution in [2.75, 3.05) is 26.2 Å². The maximum Gasteiger partial charge on any atom is 0.222 e. The van der Waals surface area contributed by atoms with Crippen LogP contribution in [0.4, 0.5) is 0 Å². The van der Waals surface area contributed by atoms with Gasteiger partial charge in [0.25, 0.3) is 0 Å². The van der Waals surface area contributed by atoms with E-state index in [-0.39, 0.29) is 11.4 Å². The quantitative estimate of drug-likeness (QED) is 0.792. The Kier molecular flexibility index (Phi) is 6.04. The second-order valence-electron chi connectivity index (χ2n) is 6.66. The Hall–Kier alpha value is -0.870. The SMILES string of the molecule is CCC(C)(C)N1CCN(C(=O)CCc2ccc(Br)cc2)CC1. The molecular weight excluding hydrogens is 340 g/mol. The van der Waals surface area contributed by atoms with Crippen molar-refractivity contribution in [2.45, 2.75) is 45.6 Å². The second kappa shape index (κ2) is 7.60. The van der Waals surface area contributed by atoms with Crippen LogP contribution in [0.2, 0.25) is 0 Å². The number of aryl methyl sites for hydroxylation is 1. The van der Waals surface area contributed by atoms with Gasteiger partial charge in [0.1, 0.15) is 0 Å². The summed E-state index contributed by atoms with van der Waals surface area (Å²) in [7, 11) is 0. The number of hydrogen-bond acceptors (Lipinski definition) is 2. The summed E-state index contributed by atoms with van der Waals surface area (Å²) in [5, 5.41) is 0. The Balaban J connectivity index is 1.79. The summed E-state index contributed by atoms with van der Waals surface area (Å²) in [6.07, 6.45) is 2.58. The van der Waals surface area contributed by atoms with Crippen molar-refractivity contribution in [3.63, 3.8) is 0 Å². The molecule has 1 fully saturated rings. The van der Waals surface area contributed by atoms with E-state index >= 15 is 0 Å². The highest BCUT2D eigenvalue weighted by Gasteiger charge is 2.29. The van der Waals surface area contributed by atoms with E-state index in [4.69, 9.17) is 0 Å². The zero-order chi connectivity index (χ0) is 16.2. The molecule has 1 aliphatic rings. The molecule has 0 aromatic heterocycles. The third kappa shape index (κ3) is 4.56. The highest BCUT2D eigenvalue weighted by Crippen LogP contribution is 2.20. The predicted molar refractivity (Wildman–Crippen MR) is 95.0 cm³/mol. The van der Waals surface area contributed by atoms with Gasteiger partial charge in [0.2, 0.25) is 5.91 Å². The van der Waals surface area contributed by atoms with Gasteiger partial charge < -0.3 is 4.90 Å². The summed E-state index contributed by atoms with van der Waals surface area (Å²) in [6, 6.07) is 8.23. The molecule has 1 amide bonds. The maximum atomic E-state index is 12.4. The van der Waals surface area contributed by atoms with E-state index in [1.54, 1.807) is 0 Å². The average molecular weight is 367 g/mol. The zero-order valence-electron chi connectivity index (χ0n) is 13.9. The first-order chi connectivity index (χ1) is 10.4. The monoisotopic (exact) mass is 366 g/mol. The van der Waals surface area contributed by atoms with Crippen molar-refractivity contribution < 1.29 is 4.79 Å². The lowest BCUT2D eigenvalue weighted by atomic mass is 9.98. The zero-order valence-corrected chi connectivity index (χ0v) is 15.5. The number of carbonyl (C=O) groups is 1. The Morgan fingerprint density at radius 1 is 1.14 bits per heavy atom. The van der Waals surface area contributed by atoms with E-state index in [0.717, 1.165) is 43.5 Å². The molecule has 0 bridgehead atoms. The van der Waals surface area contributed by atoms with Gasteiger partial charge in [0.05, 0.1) is 0 Å². The van der Waals surface area contributed by atoms with E-state index < -0.39 is 0 Å². The van der Waals surface area contributed by atoms with Crippen molar-refractivity contribution in [1.82, 2.24) is 9.80 Å². The smallest absolute Gasteiger partial charge is 0.222 e. The predicted octanol–water partition coefficient (Wildman–Crippen LogP) is 3.71. The van der Waals surface area contributed by atoms with E-state index in [0.29, 0.717) is 6.42 Å². The molecule has 1 saturated heterocycles. The molecule has 22 heavy (non-hydrogen) atoms. The summed E-state index contributed by atoms with van der Waals surface area (Å²) in [5.74, 6) is 0.289. The molecule has 1 aromatic rings. The summed E-state index contributed by atoms with van der Waals surface area (Å²) in [4.78, 5) is 16.9. The summed E-state index contributed by atoms with van der Waals surface area (Å²) >= 11 is 3.44. The van der Waals surface area contributed by atoms with Crippen LogP contribution in [0, 0.1) is 0 Å². The van der Waals surface area contributed by atoms with Crippen molar-refractivity contribution >= 4 is 21.8 Å². The molecule has 1 aromatic carbocycles. The Morgan fingerprint density at radius 2 is 1.73 bits per heavy atom. The van der Waals surface area contributed by atoms with Crippen molar-refractivity contribution in [1.29, 1.82) is 0 Å². The van der Waals surface area contributed by atoms with Gasteiger partial charge in [0, 0.05) is 42.6 Å². The minimum Gasteiger partial charge on any atom is -0.340 e. The summed E-state index contributed by atoms with van der Waals surface area (Å²) in [5.41, 5.74) is 1.47. The number of halogens is 1. The molecule has 1 aliphatic heterocycles. The van der Waals surface area contributed by atoms with Gasteiger partial charge in [-0.1, -0.05) is 35.0 Å². The minimum atomic E-state index is 0.243. The fourth-order valence-corrected chi connectivity index (χ4v) is 3.11. The first-order valence-electron chi connectivity index (χ1n) is 8.19. The molecule has 3 nitrogen and oxygen atoms in total. The highest BCUT2D eigenvalue weighted by atomic mass is 79.9. The van der Waals surface area contributed by atoms with Crippen molar-refractivity contribution in [2.24, 2.45) is 0 Å². The average Bonchev–Trinajstić information content (AvgIpc) is 2.54. The van der Waals surface area contributed by atoms with Crippen LogP contribution in [0.15, 0.2) is 28.7 Å². The molecule has 1 heterocycles. The molecule has 122 valence electrons. The van der Waals surface area contributed by atoms with Gasteiger partial charge in [-0.3, -0.25) is 9.69 Å². The fraction of sp³-hybridized carbons (Fsp3) is 0.611. The largest absolute Gasteiger partial charge is 0.340 e. The van der Waals surface area contributed by atoms with Gasteiger partial charge >= 0.3 is 0 Å². The van der Waals surface area contributed by atoms with Crippen LogP contribution in [0.1, 0.15) is 39.2 Å². The fourth-order valence-electron chi connectivity index (χ4n) is 2.85. The number of piperazine rings is 1. The second-order valence-corrected chi connectivity index (χ2v) is 7.58. The molecule has 0 spiro atoms. The first-order valence-corrected chi connectivity index (χ1v) is 8.99. The van der Waals surface area contributed by atoms with Crippen LogP contribution >= 0.6 is 15.9 Å². The summed E-state index contributed by atoms with van der Waals surface area (Å²) < 4.78 is 1.08. The molecule has 4 heteroatoms. The van der Waals surface area contributed by atoms with Gasteiger partial charge in [-0.05, 0) is 44.4 Å². The van der Waals surface area contributed by atoms with Crippen LogP contribution in [-0.4, -0.2) is 47.4 Å². The van der Waals surface area contributed by atoms with Crippen LogP contribution in [0.5, 0.6) is 0 Å². The molecular formula is C18H27BrN2O. The molecule has 0 atom stereocenters. The van der Waals surface area contributed by atoms with Crippen LogP contribution in [0.3, 0.4) is 0 Å². The van der Waals surface area contributed by atoms with Gasteiger partial charge in [-0.15, -0.1) is 0 Å². The van der Waals surface area contributed by atoms with Crippen LogP contribution < -0.4 is 0 Å². The number of carbonyl (C=O) groups excluding carboxylic acids is 1. The van der Waals surface area contributed by atoms with Gasteiger partial charge in [0.15, 0.2) is 0 Å². The lowest BCUT2D eigenvalue weighted by molar-refractivity contribution is -0.133. The number of benzene rings is 1. The van der Waals surface area contributed by atoms with E-state index in [9.17, 15) is 4.79 Å².